The molecule has 3 rings (SSSR count). The molecule has 0 amide bonds. The molecular weight excluding hydrogens is 188 g/mol. The molecule has 2 heterocycles. The van der Waals surface area contributed by atoms with Gasteiger partial charge < -0.3 is 10.2 Å². The highest BCUT2D eigenvalue weighted by atomic mass is 16.3. The number of nitrogens with two attached hydrogens (primary N) is 1. The number of hydrogen-bond donors (Lipinski definition) is 1. The van der Waals surface area contributed by atoms with E-state index in [1.807, 2.05) is 18.2 Å². The third-order valence-electron chi connectivity index (χ3n) is 3.27. The van der Waals surface area contributed by atoms with E-state index in [4.69, 9.17) is 10.2 Å². The van der Waals surface area contributed by atoms with Crippen molar-refractivity contribution >= 4 is 11.1 Å². The molecule has 3 heteroatoms. The monoisotopic (exact) mass is 202 g/mol. The Morgan fingerprint density at radius 3 is 2.87 bits per heavy atom. The maximum Gasteiger partial charge on any atom is 0.152 e. The highest BCUT2D eigenvalue weighted by molar-refractivity contribution is 5.73. The summed E-state index contributed by atoms with van der Waals surface area (Å²) in [5.41, 5.74) is 7.82. The quantitative estimate of drug-likeness (QED) is 0.773. The van der Waals surface area contributed by atoms with E-state index in [0.29, 0.717) is 0 Å². The molecule has 0 saturated heterocycles. The Balaban J connectivity index is 2.11. The lowest BCUT2D eigenvalue weighted by molar-refractivity contribution is 0.362. The molecule has 2 aromatic heterocycles. The summed E-state index contributed by atoms with van der Waals surface area (Å²) < 4.78 is 5.77. The van der Waals surface area contributed by atoms with Gasteiger partial charge in [-0.3, -0.25) is 4.98 Å². The smallest absolute Gasteiger partial charge is 0.152 e. The largest absolute Gasteiger partial charge is 0.457 e. The van der Waals surface area contributed by atoms with Gasteiger partial charge >= 0.3 is 0 Å². The molecular formula is C12H14N2O. The van der Waals surface area contributed by atoms with Crippen LogP contribution in [0.2, 0.25) is 0 Å². The molecule has 1 aliphatic carbocycles. The van der Waals surface area contributed by atoms with E-state index in [1.165, 1.54) is 12.8 Å². The first kappa shape index (κ1) is 8.92. The van der Waals surface area contributed by atoms with E-state index in [0.717, 1.165) is 29.7 Å². The first-order chi connectivity index (χ1) is 7.28. The molecule has 2 N–H and O–H groups in total. The van der Waals surface area contributed by atoms with Crippen LogP contribution in [0.3, 0.4) is 0 Å². The van der Waals surface area contributed by atoms with E-state index in [9.17, 15) is 0 Å². The summed E-state index contributed by atoms with van der Waals surface area (Å²) in [6, 6.07) is 5.80. The lowest BCUT2D eigenvalue weighted by Gasteiger charge is -2.19. The lowest BCUT2D eigenvalue weighted by Crippen LogP contribution is -2.32. The van der Waals surface area contributed by atoms with Crippen LogP contribution in [-0.4, -0.2) is 4.98 Å². The predicted molar refractivity (Wildman–Crippen MR) is 58.3 cm³/mol. The number of furan rings is 1. The Morgan fingerprint density at radius 1 is 1.33 bits per heavy atom. The molecule has 2 aromatic rings. The molecule has 0 bridgehead atoms. The zero-order valence-corrected chi connectivity index (χ0v) is 8.57. The number of rotatable bonds is 1. The van der Waals surface area contributed by atoms with Crippen LogP contribution >= 0.6 is 0 Å². The fourth-order valence-corrected chi connectivity index (χ4v) is 2.37. The van der Waals surface area contributed by atoms with Crippen molar-refractivity contribution in [2.24, 2.45) is 5.73 Å². The summed E-state index contributed by atoms with van der Waals surface area (Å²) in [7, 11) is 0. The van der Waals surface area contributed by atoms with Gasteiger partial charge in [0.05, 0.1) is 5.54 Å². The summed E-state index contributed by atoms with van der Waals surface area (Å²) in [5.74, 6) is 0.897. The number of pyridine rings is 1. The molecule has 3 nitrogen and oxygen atoms in total. The van der Waals surface area contributed by atoms with Gasteiger partial charge in [-0.25, -0.2) is 0 Å². The Hall–Kier alpha value is -1.35. The molecule has 15 heavy (non-hydrogen) atoms. The SMILES string of the molecule is NC1(c2cc3ncccc3o2)CCCC1. The first-order valence-electron chi connectivity index (χ1n) is 5.42. The van der Waals surface area contributed by atoms with Crippen LogP contribution in [0.4, 0.5) is 0 Å². The van der Waals surface area contributed by atoms with Gasteiger partial charge in [-0.15, -0.1) is 0 Å². The van der Waals surface area contributed by atoms with E-state index in [2.05, 4.69) is 4.98 Å². The van der Waals surface area contributed by atoms with Crippen LogP contribution in [0.15, 0.2) is 28.8 Å². The first-order valence-corrected chi connectivity index (χ1v) is 5.42. The van der Waals surface area contributed by atoms with Gasteiger partial charge in [0.2, 0.25) is 0 Å². The number of hydrogen-bond acceptors (Lipinski definition) is 3. The number of nitrogens with zero attached hydrogens (tertiary/aromatic N) is 1. The van der Waals surface area contributed by atoms with E-state index >= 15 is 0 Å². The molecule has 0 aromatic carbocycles. The van der Waals surface area contributed by atoms with Crippen molar-refractivity contribution in [2.45, 2.75) is 31.2 Å². The topological polar surface area (TPSA) is 52.0 Å². The third-order valence-corrected chi connectivity index (χ3v) is 3.27. The minimum atomic E-state index is -0.249. The van der Waals surface area contributed by atoms with E-state index in [1.54, 1.807) is 6.20 Å². The average Bonchev–Trinajstić information content (AvgIpc) is 2.84. The fourth-order valence-electron chi connectivity index (χ4n) is 2.37. The lowest BCUT2D eigenvalue weighted by atomic mass is 9.96. The van der Waals surface area contributed by atoms with Gasteiger partial charge in [0.1, 0.15) is 11.3 Å². The summed E-state index contributed by atoms with van der Waals surface area (Å²) in [6.07, 6.45) is 6.21. The molecule has 78 valence electrons. The van der Waals surface area contributed by atoms with Crippen LogP contribution in [-0.2, 0) is 5.54 Å². The Morgan fingerprint density at radius 2 is 2.13 bits per heavy atom. The summed E-state index contributed by atoms with van der Waals surface area (Å²) >= 11 is 0. The van der Waals surface area contributed by atoms with Crippen LogP contribution < -0.4 is 5.73 Å². The van der Waals surface area contributed by atoms with Crippen LogP contribution in [0.25, 0.3) is 11.1 Å². The van der Waals surface area contributed by atoms with Crippen LogP contribution in [0, 0.1) is 0 Å². The zero-order valence-electron chi connectivity index (χ0n) is 8.57. The minimum Gasteiger partial charge on any atom is -0.457 e. The maximum absolute atomic E-state index is 6.32. The highest BCUT2D eigenvalue weighted by Gasteiger charge is 2.34. The fraction of sp³-hybridized carbons (Fsp3) is 0.417. The molecule has 0 spiro atoms. The average molecular weight is 202 g/mol. The highest BCUT2D eigenvalue weighted by Crippen LogP contribution is 2.38. The van der Waals surface area contributed by atoms with Crippen molar-refractivity contribution in [1.29, 1.82) is 0 Å². The van der Waals surface area contributed by atoms with E-state index in [-0.39, 0.29) is 5.54 Å². The Bertz CT molecular complexity index is 450. The van der Waals surface area contributed by atoms with Gasteiger partial charge in [0.15, 0.2) is 5.58 Å². The van der Waals surface area contributed by atoms with Gasteiger partial charge in [0.25, 0.3) is 0 Å². The van der Waals surface area contributed by atoms with Gasteiger partial charge in [-0.2, -0.15) is 0 Å². The Labute approximate surface area is 88.3 Å². The molecule has 0 atom stereocenters. The van der Waals surface area contributed by atoms with Crippen LogP contribution in [0.1, 0.15) is 31.4 Å². The summed E-state index contributed by atoms with van der Waals surface area (Å²) in [5, 5.41) is 0. The molecule has 1 fully saturated rings. The maximum atomic E-state index is 6.32. The number of fused-ring (bicyclic) bond motifs is 1. The molecule has 0 aliphatic heterocycles. The normalized spacial score (nSPS) is 19.8. The summed E-state index contributed by atoms with van der Waals surface area (Å²) in [6.45, 7) is 0. The van der Waals surface area contributed by atoms with Gasteiger partial charge in [-0.1, -0.05) is 12.8 Å². The second-order valence-corrected chi connectivity index (χ2v) is 4.36. The summed E-state index contributed by atoms with van der Waals surface area (Å²) in [4.78, 5) is 4.26. The van der Waals surface area contributed by atoms with Gasteiger partial charge in [-0.05, 0) is 25.0 Å². The van der Waals surface area contributed by atoms with Gasteiger partial charge in [0, 0.05) is 12.3 Å². The zero-order chi connectivity index (χ0) is 10.3. The third kappa shape index (κ3) is 1.35. The van der Waals surface area contributed by atoms with Crippen molar-refractivity contribution in [3.05, 3.63) is 30.2 Å². The predicted octanol–water partition coefficient (Wildman–Crippen LogP) is 2.56. The molecule has 0 radical (unpaired) electrons. The van der Waals surface area contributed by atoms with Crippen molar-refractivity contribution in [3.63, 3.8) is 0 Å². The van der Waals surface area contributed by atoms with Crippen LogP contribution in [0.5, 0.6) is 0 Å². The molecule has 0 unspecified atom stereocenters. The number of aromatic nitrogens is 1. The standard InChI is InChI=1S/C12H14N2O/c13-12(5-1-2-6-12)11-8-9-10(15-11)4-3-7-14-9/h3-4,7-8H,1-2,5-6,13H2. The van der Waals surface area contributed by atoms with Crippen molar-refractivity contribution in [2.75, 3.05) is 0 Å². The van der Waals surface area contributed by atoms with Crippen molar-refractivity contribution in [3.8, 4) is 0 Å². The van der Waals surface area contributed by atoms with Crippen molar-refractivity contribution < 1.29 is 4.42 Å². The second kappa shape index (κ2) is 3.07. The molecule has 1 saturated carbocycles. The minimum absolute atomic E-state index is 0.249. The second-order valence-electron chi connectivity index (χ2n) is 4.36. The van der Waals surface area contributed by atoms with E-state index < -0.39 is 0 Å². The molecule has 1 aliphatic rings. The van der Waals surface area contributed by atoms with Crippen molar-refractivity contribution in [1.82, 2.24) is 4.98 Å². The Kier molecular flexibility index (Phi) is 1.83.